The third kappa shape index (κ3) is 8.43. The summed E-state index contributed by atoms with van der Waals surface area (Å²) in [5.41, 5.74) is -0.471. The van der Waals surface area contributed by atoms with Crippen LogP contribution in [0.5, 0.6) is 0 Å². The van der Waals surface area contributed by atoms with E-state index in [1.165, 1.54) is 0 Å². The zero-order valence-electron chi connectivity index (χ0n) is 17.0. The van der Waals surface area contributed by atoms with E-state index in [-0.39, 0.29) is 12.0 Å². The van der Waals surface area contributed by atoms with Crippen LogP contribution in [-0.4, -0.2) is 81.4 Å². The van der Waals surface area contributed by atoms with Gasteiger partial charge in [0.1, 0.15) is 5.60 Å². The molecule has 1 rings (SSSR count). The molecular formula is C18H36N4O3. The highest BCUT2D eigenvalue weighted by Crippen LogP contribution is 2.13. The molecule has 1 N–H and O–H groups in total. The molecule has 0 radical (unpaired) electrons. The molecular weight excluding hydrogens is 320 g/mol. The molecule has 1 saturated heterocycles. The van der Waals surface area contributed by atoms with Gasteiger partial charge in [-0.2, -0.15) is 0 Å². The van der Waals surface area contributed by atoms with E-state index in [9.17, 15) is 4.79 Å². The number of rotatable bonds is 6. The Morgan fingerprint density at radius 1 is 1.36 bits per heavy atom. The van der Waals surface area contributed by atoms with Crippen LogP contribution in [0, 0.1) is 11.8 Å². The summed E-state index contributed by atoms with van der Waals surface area (Å²) in [5, 5.41) is 3.39. The number of hydrogen-bond donors (Lipinski definition) is 1. The fourth-order valence-electron chi connectivity index (χ4n) is 2.80. The van der Waals surface area contributed by atoms with Gasteiger partial charge in [-0.25, -0.2) is 4.79 Å². The van der Waals surface area contributed by atoms with Crippen LogP contribution in [0.1, 0.15) is 34.1 Å². The molecule has 1 heterocycles. The van der Waals surface area contributed by atoms with Gasteiger partial charge in [0.05, 0.1) is 6.61 Å². The topological polar surface area (TPSA) is 66.4 Å². The minimum absolute atomic E-state index is 0.275. The predicted molar refractivity (Wildman–Crippen MR) is 101 cm³/mol. The van der Waals surface area contributed by atoms with Crippen LogP contribution in [-0.2, 0) is 9.47 Å². The Bertz CT molecular complexity index is 442. The van der Waals surface area contributed by atoms with E-state index in [0.29, 0.717) is 12.5 Å². The van der Waals surface area contributed by atoms with Gasteiger partial charge in [-0.3, -0.25) is 4.99 Å². The van der Waals surface area contributed by atoms with E-state index < -0.39 is 5.60 Å². The molecule has 0 aromatic carbocycles. The highest BCUT2D eigenvalue weighted by molar-refractivity contribution is 5.79. The molecule has 7 nitrogen and oxygen atoms in total. The summed E-state index contributed by atoms with van der Waals surface area (Å²) in [5.74, 6) is 1.72. The van der Waals surface area contributed by atoms with Gasteiger partial charge in [-0.1, -0.05) is 6.92 Å². The van der Waals surface area contributed by atoms with Crippen molar-refractivity contribution < 1.29 is 14.3 Å². The Kier molecular flexibility index (Phi) is 8.48. The molecule has 1 fully saturated rings. The normalized spacial score (nSPS) is 19.5. The van der Waals surface area contributed by atoms with E-state index in [1.807, 2.05) is 27.8 Å². The van der Waals surface area contributed by atoms with Crippen molar-refractivity contribution in [3.8, 4) is 0 Å². The highest BCUT2D eigenvalue weighted by atomic mass is 16.6. The van der Waals surface area contributed by atoms with Crippen LogP contribution in [0.15, 0.2) is 4.99 Å². The first-order chi connectivity index (χ1) is 11.6. The Labute approximate surface area is 152 Å². The lowest BCUT2D eigenvalue weighted by Gasteiger charge is -2.28. The number of carbonyl (C=O) groups excluding carboxylic acids is 1. The third-order valence-corrected chi connectivity index (χ3v) is 4.03. The minimum Gasteiger partial charge on any atom is -0.444 e. The second-order valence-corrected chi connectivity index (χ2v) is 8.00. The largest absolute Gasteiger partial charge is 0.444 e. The fraction of sp³-hybridized carbons (Fsp3) is 0.889. The quantitative estimate of drug-likeness (QED) is 0.583. The second-order valence-electron chi connectivity index (χ2n) is 8.00. The monoisotopic (exact) mass is 356 g/mol. The molecule has 2 unspecified atom stereocenters. The number of nitrogens with one attached hydrogen (secondary N) is 1. The lowest BCUT2D eigenvalue weighted by atomic mass is 10.1. The van der Waals surface area contributed by atoms with Gasteiger partial charge in [0, 0.05) is 53.3 Å². The highest BCUT2D eigenvalue weighted by Gasteiger charge is 2.22. The molecule has 2 atom stereocenters. The number of aliphatic imine (C=N–C) groups is 1. The van der Waals surface area contributed by atoms with Crippen molar-refractivity contribution in [1.82, 2.24) is 15.1 Å². The average Bonchev–Trinajstić information content (AvgIpc) is 2.98. The van der Waals surface area contributed by atoms with E-state index in [2.05, 4.69) is 22.1 Å². The zero-order valence-corrected chi connectivity index (χ0v) is 17.0. The van der Waals surface area contributed by atoms with Crippen LogP contribution < -0.4 is 5.32 Å². The molecule has 0 aromatic heterocycles. The Morgan fingerprint density at radius 2 is 2.04 bits per heavy atom. The fourth-order valence-corrected chi connectivity index (χ4v) is 2.80. The molecule has 1 aliphatic rings. The number of guanidine groups is 1. The molecule has 0 saturated carbocycles. The third-order valence-electron chi connectivity index (χ3n) is 4.03. The predicted octanol–water partition coefficient (Wildman–Crippen LogP) is 2.03. The Morgan fingerprint density at radius 3 is 2.56 bits per heavy atom. The molecule has 0 aliphatic carbocycles. The maximum Gasteiger partial charge on any atom is 0.410 e. The average molecular weight is 357 g/mol. The van der Waals surface area contributed by atoms with Crippen molar-refractivity contribution in [1.29, 1.82) is 0 Å². The van der Waals surface area contributed by atoms with Crippen LogP contribution in [0.2, 0.25) is 0 Å². The number of ether oxygens (including phenoxy) is 2. The van der Waals surface area contributed by atoms with Gasteiger partial charge in [-0.05, 0) is 33.1 Å². The summed E-state index contributed by atoms with van der Waals surface area (Å²) in [6, 6.07) is 0. The summed E-state index contributed by atoms with van der Waals surface area (Å²) in [7, 11) is 5.61. The summed E-state index contributed by atoms with van der Waals surface area (Å²) < 4.78 is 10.8. The number of nitrogens with zero attached hydrogens (tertiary/aromatic N) is 3. The summed E-state index contributed by atoms with van der Waals surface area (Å²) >= 11 is 0. The van der Waals surface area contributed by atoms with Crippen molar-refractivity contribution in [3.05, 3.63) is 0 Å². The van der Waals surface area contributed by atoms with Crippen LogP contribution in [0.25, 0.3) is 0 Å². The van der Waals surface area contributed by atoms with E-state index in [4.69, 9.17) is 9.47 Å². The van der Waals surface area contributed by atoms with Crippen molar-refractivity contribution in [2.24, 2.45) is 16.8 Å². The molecule has 25 heavy (non-hydrogen) atoms. The number of hydrogen-bond acceptors (Lipinski definition) is 4. The molecule has 0 aromatic rings. The SMILES string of the molecule is CN=C(NCC(C)CN(C)C(=O)OC(C)(C)C)N(C)CC1CCOC1. The van der Waals surface area contributed by atoms with Crippen LogP contribution in [0.4, 0.5) is 4.79 Å². The Hall–Kier alpha value is -1.50. The molecule has 0 bridgehead atoms. The van der Waals surface area contributed by atoms with Crippen molar-refractivity contribution in [2.75, 3.05) is 54.0 Å². The zero-order chi connectivity index (χ0) is 19.0. The van der Waals surface area contributed by atoms with E-state index >= 15 is 0 Å². The van der Waals surface area contributed by atoms with Crippen LogP contribution >= 0.6 is 0 Å². The van der Waals surface area contributed by atoms with Crippen LogP contribution in [0.3, 0.4) is 0 Å². The van der Waals surface area contributed by atoms with Gasteiger partial charge >= 0.3 is 6.09 Å². The molecule has 0 spiro atoms. The second kappa shape index (κ2) is 9.85. The summed E-state index contributed by atoms with van der Waals surface area (Å²) in [6.45, 7) is 11.7. The molecule has 1 aliphatic heterocycles. The molecule has 7 heteroatoms. The van der Waals surface area contributed by atoms with Gasteiger partial charge < -0.3 is 24.6 Å². The summed E-state index contributed by atoms with van der Waals surface area (Å²) in [4.78, 5) is 20.1. The lowest BCUT2D eigenvalue weighted by molar-refractivity contribution is 0.0278. The van der Waals surface area contributed by atoms with Gasteiger partial charge in [0.15, 0.2) is 5.96 Å². The van der Waals surface area contributed by atoms with Gasteiger partial charge in [0.25, 0.3) is 0 Å². The number of amides is 1. The maximum atomic E-state index is 12.0. The first-order valence-corrected chi connectivity index (χ1v) is 9.06. The van der Waals surface area contributed by atoms with Gasteiger partial charge in [0.2, 0.25) is 0 Å². The lowest BCUT2D eigenvalue weighted by Crippen LogP contribution is -2.44. The first kappa shape index (κ1) is 21.5. The number of carbonyl (C=O) groups is 1. The standard InChI is InChI=1S/C18H36N4O3/c1-14(11-22(7)17(23)25-18(2,3)4)10-20-16(19-5)21(6)12-15-8-9-24-13-15/h14-15H,8-13H2,1-7H3,(H,19,20). The van der Waals surface area contributed by atoms with Crippen molar-refractivity contribution in [3.63, 3.8) is 0 Å². The molecule has 146 valence electrons. The first-order valence-electron chi connectivity index (χ1n) is 9.06. The molecule has 1 amide bonds. The van der Waals surface area contributed by atoms with Gasteiger partial charge in [-0.15, -0.1) is 0 Å². The van der Waals surface area contributed by atoms with Crippen molar-refractivity contribution >= 4 is 12.1 Å². The minimum atomic E-state index is -0.471. The van der Waals surface area contributed by atoms with E-state index in [0.717, 1.165) is 38.7 Å². The smallest absolute Gasteiger partial charge is 0.410 e. The van der Waals surface area contributed by atoms with E-state index in [1.54, 1.807) is 19.0 Å². The maximum absolute atomic E-state index is 12.0. The van der Waals surface area contributed by atoms with Crippen molar-refractivity contribution in [2.45, 2.75) is 39.7 Å². The summed E-state index contributed by atoms with van der Waals surface area (Å²) in [6.07, 6.45) is 0.820. The Balaban J connectivity index is 2.37.